The average molecular weight is 265 g/mol. The molecule has 0 aliphatic rings. The Morgan fingerprint density at radius 2 is 1.89 bits per heavy atom. The van der Waals surface area contributed by atoms with E-state index in [-0.39, 0.29) is 30.9 Å². The highest BCUT2D eigenvalue weighted by Gasteiger charge is 2.12. The van der Waals surface area contributed by atoms with Gasteiger partial charge in [-0.3, -0.25) is 9.59 Å². The summed E-state index contributed by atoms with van der Waals surface area (Å²) in [5.41, 5.74) is 1.13. The van der Waals surface area contributed by atoms with Crippen LogP contribution in [-0.2, 0) is 14.3 Å². The van der Waals surface area contributed by atoms with Crippen LogP contribution in [0.1, 0.15) is 18.9 Å². The van der Waals surface area contributed by atoms with Crippen molar-refractivity contribution < 1.29 is 19.1 Å². The fraction of sp³-hybridized carbons (Fsp3) is 0.429. The van der Waals surface area contributed by atoms with Gasteiger partial charge in [0.1, 0.15) is 5.75 Å². The van der Waals surface area contributed by atoms with Crippen LogP contribution in [0.15, 0.2) is 24.3 Å². The molecule has 19 heavy (non-hydrogen) atoms. The second-order valence-corrected chi connectivity index (χ2v) is 4.35. The van der Waals surface area contributed by atoms with E-state index in [4.69, 9.17) is 4.74 Å². The molecule has 0 radical (unpaired) electrons. The number of esters is 1. The fourth-order valence-electron chi connectivity index (χ4n) is 1.48. The molecule has 0 aliphatic carbocycles. The van der Waals surface area contributed by atoms with E-state index in [9.17, 15) is 9.59 Å². The van der Waals surface area contributed by atoms with Crippen LogP contribution in [0.4, 0.5) is 0 Å². The molecule has 5 heteroatoms. The molecule has 0 saturated heterocycles. The molecule has 1 aromatic rings. The van der Waals surface area contributed by atoms with Gasteiger partial charge in [-0.25, -0.2) is 0 Å². The first-order valence-electron chi connectivity index (χ1n) is 6.07. The number of carbonyl (C=O) groups is 2. The highest BCUT2D eigenvalue weighted by molar-refractivity contribution is 5.79. The van der Waals surface area contributed by atoms with E-state index in [1.807, 2.05) is 19.1 Å². The quantitative estimate of drug-likeness (QED) is 0.790. The maximum atomic E-state index is 11.6. The van der Waals surface area contributed by atoms with Crippen LogP contribution in [-0.4, -0.2) is 31.6 Å². The molecule has 0 heterocycles. The van der Waals surface area contributed by atoms with Gasteiger partial charge in [0.05, 0.1) is 13.5 Å². The third-order valence-electron chi connectivity index (χ3n) is 2.50. The molecule has 0 aliphatic heterocycles. The van der Waals surface area contributed by atoms with Crippen LogP contribution >= 0.6 is 0 Å². The Morgan fingerprint density at radius 3 is 2.47 bits per heavy atom. The summed E-state index contributed by atoms with van der Waals surface area (Å²) in [5.74, 6) is 0.0191. The second kappa shape index (κ2) is 7.41. The molecule has 0 aromatic heterocycles. The van der Waals surface area contributed by atoms with Crippen LogP contribution in [0.25, 0.3) is 0 Å². The molecule has 1 aromatic carbocycles. The Bertz CT molecular complexity index is 428. The first-order valence-corrected chi connectivity index (χ1v) is 6.07. The molecule has 104 valence electrons. The topological polar surface area (TPSA) is 64.6 Å². The molecular weight excluding hydrogens is 246 g/mol. The van der Waals surface area contributed by atoms with Crippen molar-refractivity contribution in [3.05, 3.63) is 29.8 Å². The number of hydrogen-bond donors (Lipinski definition) is 1. The average Bonchev–Trinajstić information content (AvgIpc) is 2.37. The summed E-state index contributed by atoms with van der Waals surface area (Å²) in [5, 5.41) is 2.66. The van der Waals surface area contributed by atoms with Gasteiger partial charge in [-0.05, 0) is 26.0 Å². The minimum Gasteiger partial charge on any atom is -0.484 e. The van der Waals surface area contributed by atoms with E-state index < -0.39 is 0 Å². The van der Waals surface area contributed by atoms with Crippen molar-refractivity contribution in [2.45, 2.75) is 26.3 Å². The number of benzene rings is 1. The molecule has 1 N–H and O–H groups in total. The van der Waals surface area contributed by atoms with E-state index in [2.05, 4.69) is 10.1 Å². The molecule has 1 amide bonds. The normalized spacial score (nSPS) is 11.5. The number of aryl methyl sites for hydroxylation is 1. The summed E-state index contributed by atoms with van der Waals surface area (Å²) < 4.78 is 9.85. The van der Waals surface area contributed by atoms with E-state index in [1.165, 1.54) is 7.11 Å². The fourth-order valence-corrected chi connectivity index (χ4v) is 1.48. The molecule has 0 fully saturated rings. The minimum absolute atomic E-state index is 0.0748. The first kappa shape index (κ1) is 15.0. The summed E-state index contributed by atoms with van der Waals surface area (Å²) in [6, 6.07) is 7.16. The number of ether oxygens (including phenoxy) is 2. The van der Waals surface area contributed by atoms with Gasteiger partial charge in [0.2, 0.25) is 0 Å². The van der Waals surface area contributed by atoms with Crippen LogP contribution in [0.3, 0.4) is 0 Å². The van der Waals surface area contributed by atoms with E-state index in [1.54, 1.807) is 19.1 Å². The second-order valence-electron chi connectivity index (χ2n) is 4.35. The zero-order chi connectivity index (χ0) is 14.3. The van der Waals surface area contributed by atoms with Crippen LogP contribution in [0, 0.1) is 6.92 Å². The van der Waals surface area contributed by atoms with Crippen molar-refractivity contribution in [3.8, 4) is 5.75 Å². The Morgan fingerprint density at radius 1 is 1.26 bits per heavy atom. The van der Waals surface area contributed by atoms with Crippen molar-refractivity contribution in [2.24, 2.45) is 0 Å². The van der Waals surface area contributed by atoms with Gasteiger partial charge in [-0.1, -0.05) is 17.7 Å². The Kier molecular flexibility index (Phi) is 5.85. The first-order chi connectivity index (χ1) is 9.01. The zero-order valence-corrected chi connectivity index (χ0v) is 11.4. The van der Waals surface area contributed by atoms with Gasteiger partial charge in [-0.15, -0.1) is 0 Å². The number of carbonyl (C=O) groups excluding carboxylic acids is 2. The minimum atomic E-state index is -0.354. The molecule has 1 atom stereocenters. The summed E-state index contributed by atoms with van der Waals surface area (Å²) in [4.78, 5) is 22.6. The van der Waals surface area contributed by atoms with Gasteiger partial charge in [0.15, 0.2) is 6.61 Å². The van der Waals surface area contributed by atoms with Crippen molar-refractivity contribution in [2.75, 3.05) is 13.7 Å². The monoisotopic (exact) mass is 265 g/mol. The summed E-state index contributed by atoms with van der Waals surface area (Å²) in [6.45, 7) is 3.64. The van der Waals surface area contributed by atoms with Crippen LogP contribution in [0.2, 0.25) is 0 Å². The van der Waals surface area contributed by atoms with Crippen molar-refractivity contribution in [1.29, 1.82) is 0 Å². The smallest absolute Gasteiger partial charge is 0.307 e. The van der Waals surface area contributed by atoms with Crippen molar-refractivity contribution in [3.63, 3.8) is 0 Å². The summed E-state index contributed by atoms with van der Waals surface area (Å²) >= 11 is 0. The number of rotatable bonds is 6. The molecule has 5 nitrogen and oxygen atoms in total. The number of amides is 1. The molecule has 0 bridgehead atoms. The third-order valence-corrected chi connectivity index (χ3v) is 2.50. The summed E-state index contributed by atoms with van der Waals surface area (Å²) in [7, 11) is 1.32. The third kappa shape index (κ3) is 5.90. The lowest BCUT2D eigenvalue weighted by Crippen LogP contribution is -2.37. The van der Waals surface area contributed by atoms with Gasteiger partial charge in [-0.2, -0.15) is 0 Å². The lowest BCUT2D eigenvalue weighted by molar-refractivity contribution is -0.141. The molecule has 1 unspecified atom stereocenters. The largest absolute Gasteiger partial charge is 0.484 e. The molecule has 1 rings (SSSR count). The standard InChI is InChI=1S/C14H19NO4/c1-10-4-6-12(7-5-10)19-9-13(16)15-11(2)8-14(17)18-3/h4-7,11H,8-9H2,1-3H3,(H,15,16). The maximum absolute atomic E-state index is 11.6. The van der Waals surface area contributed by atoms with Gasteiger partial charge >= 0.3 is 5.97 Å². The predicted octanol–water partition coefficient (Wildman–Crippen LogP) is 1.44. The van der Waals surface area contributed by atoms with Crippen molar-refractivity contribution in [1.82, 2.24) is 5.32 Å². The lowest BCUT2D eigenvalue weighted by atomic mass is 10.2. The number of nitrogens with one attached hydrogen (secondary N) is 1. The maximum Gasteiger partial charge on any atom is 0.307 e. The Hall–Kier alpha value is -2.04. The lowest BCUT2D eigenvalue weighted by Gasteiger charge is -2.13. The number of hydrogen-bond acceptors (Lipinski definition) is 4. The van der Waals surface area contributed by atoms with Crippen LogP contribution < -0.4 is 10.1 Å². The Labute approximate surface area is 112 Å². The summed E-state index contributed by atoms with van der Waals surface area (Å²) in [6.07, 6.45) is 0.146. The van der Waals surface area contributed by atoms with Crippen LogP contribution in [0.5, 0.6) is 5.75 Å². The van der Waals surface area contributed by atoms with Gasteiger partial charge in [0.25, 0.3) is 5.91 Å². The highest BCUT2D eigenvalue weighted by atomic mass is 16.5. The SMILES string of the molecule is COC(=O)CC(C)NC(=O)COc1ccc(C)cc1. The predicted molar refractivity (Wildman–Crippen MR) is 70.9 cm³/mol. The number of methoxy groups -OCH3 is 1. The zero-order valence-electron chi connectivity index (χ0n) is 11.4. The Balaban J connectivity index is 2.31. The van der Waals surface area contributed by atoms with E-state index >= 15 is 0 Å². The van der Waals surface area contributed by atoms with E-state index in [0.717, 1.165) is 5.56 Å². The molecular formula is C14H19NO4. The molecule has 0 saturated carbocycles. The molecule has 0 spiro atoms. The van der Waals surface area contributed by atoms with Gasteiger partial charge < -0.3 is 14.8 Å². The highest BCUT2D eigenvalue weighted by Crippen LogP contribution is 2.10. The van der Waals surface area contributed by atoms with Crippen molar-refractivity contribution >= 4 is 11.9 Å². The van der Waals surface area contributed by atoms with Gasteiger partial charge in [0, 0.05) is 6.04 Å². The van der Waals surface area contributed by atoms with E-state index in [0.29, 0.717) is 5.75 Å².